The lowest BCUT2D eigenvalue weighted by molar-refractivity contribution is -0.136. The van der Waals surface area contributed by atoms with Crippen molar-refractivity contribution in [1.82, 2.24) is 4.98 Å². The second-order valence-electron chi connectivity index (χ2n) is 6.26. The number of hydrogen-bond donors (Lipinski definition) is 1. The van der Waals surface area contributed by atoms with E-state index in [-0.39, 0.29) is 38.0 Å². The molecule has 0 radical (unpaired) electrons. The van der Waals surface area contributed by atoms with Gasteiger partial charge in [-0.2, -0.15) is 13.2 Å². The lowest BCUT2D eigenvalue weighted by atomic mass is 10.1. The van der Waals surface area contributed by atoms with Crippen LogP contribution < -0.4 is 10.5 Å². The Morgan fingerprint density at radius 3 is 2.66 bits per heavy atom. The van der Waals surface area contributed by atoms with E-state index < -0.39 is 17.7 Å². The Balaban J connectivity index is 1.84. The first-order valence-electron chi connectivity index (χ1n) is 8.37. The third-order valence-electron chi connectivity index (χ3n) is 4.16. The van der Waals surface area contributed by atoms with Crippen LogP contribution in [-0.4, -0.2) is 11.0 Å². The van der Waals surface area contributed by atoms with E-state index in [9.17, 15) is 18.0 Å². The maximum Gasteiger partial charge on any atom is 0.417 e. The number of ether oxygens (including phenoxy) is 1. The fourth-order valence-electron chi connectivity index (χ4n) is 2.88. The SMILES string of the molecule is Cc1cccc(OC(=O)c2sc3nc(-c4ccco4)cc(C(F)(F)F)c3c2N)c1. The number of alkyl halides is 3. The van der Waals surface area contributed by atoms with Crippen LogP contribution in [0.2, 0.25) is 0 Å². The highest BCUT2D eigenvalue weighted by Crippen LogP contribution is 2.43. The molecule has 0 saturated carbocycles. The van der Waals surface area contributed by atoms with Crippen LogP contribution in [0.5, 0.6) is 5.75 Å². The fourth-order valence-corrected chi connectivity index (χ4v) is 3.88. The zero-order chi connectivity index (χ0) is 20.8. The number of aryl methyl sites for hydroxylation is 1. The van der Waals surface area contributed by atoms with Crippen LogP contribution in [0.1, 0.15) is 20.8 Å². The number of pyridine rings is 1. The van der Waals surface area contributed by atoms with E-state index in [2.05, 4.69) is 4.98 Å². The number of nitrogens with zero attached hydrogens (tertiary/aromatic N) is 1. The minimum absolute atomic E-state index is 0.00493. The molecule has 4 aromatic rings. The Labute approximate surface area is 166 Å². The molecular formula is C20H13F3N2O3S. The quantitative estimate of drug-likeness (QED) is 0.342. The Morgan fingerprint density at radius 2 is 2.00 bits per heavy atom. The Morgan fingerprint density at radius 1 is 1.21 bits per heavy atom. The third kappa shape index (κ3) is 3.56. The number of aromatic nitrogens is 1. The van der Waals surface area contributed by atoms with Gasteiger partial charge in [0.25, 0.3) is 0 Å². The first kappa shape index (κ1) is 19.0. The summed E-state index contributed by atoms with van der Waals surface area (Å²) in [5, 5.41) is -0.325. The summed E-state index contributed by atoms with van der Waals surface area (Å²) in [5.74, 6) is -0.399. The second kappa shape index (κ2) is 6.93. The molecule has 0 spiro atoms. The molecule has 0 aliphatic carbocycles. The van der Waals surface area contributed by atoms with Crippen LogP contribution in [0.4, 0.5) is 18.9 Å². The molecule has 0 bridgehead atoms. The summed E-state index contributed by atoms with van der Waals surface area (Å²) in [5.41, 5.74) is 5.50. The van der Waals surface area contributed by atoms with Gasteiger partial charge in [0.1, 0.15) is 21.2 Å². The number of thiophene rings is 1. The average Bonchev–Trinajstić information content (AvgIpc) is 3.29. The van der Waals surface area contributed by atoms with Gasteiger partial charge in [0.05, 0.1) is 17.5 Å². The Hall–Kier alpha value is -3.33. The summed E-state index contributed by atoms with van der Waals surface area (Å²) in [7, 11) is 0. The van der Waals surface area contributed by atoms with Crippen LogP contribution in [0.3, 0.4) is 0 Å². The van der Waals surface area contributed by atoms with Gasteiger partial charge in [-0.1, -0.05) is 12.1 Å². The van der Waals surface area contributed by atoms with E-state index in [0.717, 1.165) is 23.0 Å². The summed E-state index contributed by atoms with van der Waals surface area (Å²) < 4.78 is 51.5. The summed E-state index contributed by atoms with van der Waals surface area (Å²) in [6, 6.07) is 10.6. The highest BCUT2D eigenvalue weighted by atomic mass is 32.1. The van der Waals surface area contributed by atoms with Crippen molar-refractivity contribution in [3.05, 3.63) is 64.7 Å². The van der Waals surface area contributed by atoms with Crippen LogP contribution in [0.15, 0.2) is 53.1 Å². The van der Waals surface area contributed by atoms with Gasteiger partial charge in [-0.05, 0) is 42.8 Å². The monoisotopic (exact) mass is 418 g/mol. The Kier molecular flexibility index (Phi) is 4.54. The van der Waals surface area contributed by atoms with Gasteiger partial charge in [-0.15, -0.1) is 11.3 Å². The molecule has 0 aliphatic heterocycles. The van der Waals surface area contributed by atoms with E-state index >= 15 is 0 Å². The molecule has 0 amide bonds. The van der Waals surface area contributed by atoms with Crippen LogP contribution in [-0.2, 0) is 6.18 Å². The van der Waals surface area contributed by atoms with E-state index in [1.54, 1.807) is 24.3 Å². The molecule has 29 heavy (non-hydrogen) atoms. The van der Waals surface area contributed by atoms with E-state index in [1.807, 2.05) is 13.0 Å². The van der Waals surface area contributed by atoms with E-state index in [1.165, 1.54) is 12.3 Å². The van der Waals surface area contributed by atoms with Gasteiger partial charge in [0, 0.05) is 5.39 Å². The summed E-state index contributed by atoms with van der Waals surface area (Å²) in [6.45, 7) is 1.82. The number of carbonyl (C=O) groups excluding carboxylic acids is 1. The van der Waals surface area contributed by atoms with Crippen molar-refractivity contribution in [3.63, 3.8) is 0 Å². The van der Waals surface area contributed by atoms with Crippen LogP contribution >= 0.6 is 11.3 Å². The molecule has 0 aliphatic rings. The second-order valence-corrected chi connectivity index (χ2v) is 7.26. The molecule has 0 atom stereocenters. The number of carbonyl (C=O) groups is 1. The number of fused-ring (bicyclic) bond motifs is 1. The zero-order valence-electron chi connectivity index (χ0n) is 14.9. The number of esters is 1. The summed E-state index contributed by atoms with van der Waals surface area (Å²) in [6.07, 6.45) is -3.36. The minimum Gasteiger partial charge on any atom is -0.463 e. The van der Waals surface area contributed by atoms with Gasteiger partial charge < -0.3 is 14.9 Å². The number of benzene rings is 1. The molecule has 0 fully saturated rings. The van der Waals surface area contributed by atoms with Crippen LogP contribution in [0, 0.1) is 6.92 Å². The van der Waals surface area contributed by atoms with Gasteiger partial charge in [-0.3, -0.25) is 0 Å². The first-order chi connectivity index (χ1) is 13.7. The Bertz CT molecular complexity index is 1210. The van der Waals surface area contributed by atoms with Crippen molar-refractivity contribution < 1.29 is 27.1 Å². The fraction of sp³-hybridized carbons (Fsp3) is 0.100. The summed E-state index contributed by atoms with van der Waals surface area (Å²) >= 11 is 0.745. The van der Waals surface area contributed by atoms with Crippen LogP contribution in [0.25, 0.3) is 21.7 Å². The van der Waals surface area contributed by atoms with Gasteiger partial charge >= 0.3 is 12.1 Å². The lowest BCUT2D eigenvalue weighted by Crippen LogP contribution is -2.10. The average molecular weight is 418 g/mol. The summed E-state index contributed by atoms with van der Waals surface area (Å²) in [4.78, 5) is 16.6. The van der Waals surface area contributed by atoms with Crippen molar-refractivity contribution in [2.75, 3.05) is 5.73 Å². The van der Waals surface area contributed by atoms with Crippen molar-refractivity contribution in [3.8, 4) is 17.2 Å². The van der Waals surface area contributed by atoms with Gasteiger partial charge in [-0.25, -0.2) is 9.78 Å². The topological polar surface area (TPSA) is 78.3 Å². The number of furan rings is 1. The third-order valence-corrected chi connectivity index (χ3v) is 5.24. The van der Waals surface area contributed by atoms with Crippen molar-refractivity contribution in [2.24, 2.45) is 0 Å². The molecule has 3 aromatic heterocycles. The molecule has 1 aromatic carbocycles. The number of halogens is 3. The van der Waals surface area contributed by atoms with Crippen molar-refractivity contribution in [1.29, 1.82) is 0 Å². The lowest BCUT2D eigenvalue weighted by Gasteiger charge is -2.10. The number of anilines is 1. The molecule has 5 nitrogen and oxygen atoms in total. The molecule has 2 N–H and O–H groups in total. The largest absolute Gasteiger partial charge is 0.463 e. The van der Waals surface area contributed by atoms with E-state index in [0.29, 0.717) is 0 Å². The number of nitrogens with two attached hydrogens (primary N) is 1. The smallest absolute Gasteiger partial charge is 0.417 e. The molecule has 9 heteroatoms. The van der Waals surface area contributed by atoms with Gasteiger partial charge in [0.15, 0.2) is 5.76 Å². The number of hydrogen-bond acceptors (Lipinski definition) is 6. The molecule has 0 saturated heterocycles. The molecule has 3 heterocycles. The predicted molar refractivity (Wildman–Crippen MR) is 103 cm³/mol. The normalized spacial score (nSPS) is 11.7. The van der Waals surface area contributed by atoms with Crippen molar-refractivity contribution >= 4 is 33.2 Å². The standard InChI is InChI=1S/C20H13F3N2O3S/c1-10-4-2-5-11(8-10)28-19(26)17-16(24)15-12(20(21,22)23)9-13(25-18(15)29-17)14-6-3-7-27-14/h2-9H,24H2,1H3. The minimum atomic E-state index is -4.70. The predicted octanol–water partition coefficient (Wildman–Crippen LogP) is 5.68. The molecule has 0 unspecified atom stereocenters. The maximum absolute atomic E-state index is 13.7. The zero-order valence-corrected chi connectivity index (χ0v) is 15.7. The highest BCUT2D eigenvalue weighted by molar-refractivity contribution is 7.21. The first-order valence-corrected chi connectivity index (χ1v) is 9.18. The number of rotatable bonds is 3. The highest BCUT2D eigenvalue weighted by Gasteiger charge is 2.36. The molecule has 148 valence electrons. The van der Waals surface area contributed by atoms with Crippen molar-refractivity contribution in [2.45, 2.75) is 13.1 Å². The van der Waals surface area contributed by atoms with E-state index in [4.69, 9.17) is 14.9 Å². The molecule has 4 rings (SSSR count). The number of nitrogen functional groups attached to an aromatic ring is 1. The van der Waals surface area contributed by atoms with Gasteiger partial charge in [0.2, 0.25) is 0 Å². The molecular weight excluding hydrogens is 405 g/mol. The maximum atomic E-state index is 13.7.